The number of aromatic nitrogens is 4. The smallest absolute Gasteiger partial charge is 0.234 e. The summed E-state index contributed by atoms with van der Waals surface area (Å²) in [5.74, 6) is 4.12. The molecule has 0 atom stereocenters. The average molecular weight is 247 g/mol. The van der Waals surface area contributed by atoms with Crippen LogP contribution in [-0.4, -0.2) is 26.4 Å². The highest BCUT2D eigenvalue weighted by Crippen LogP contribution is 2.35. The molecule has 1 saturated carbocycles. The Hall–Kier alpha value is -1.45. The molecule has 0 radical (unpaired) electrons. The molecule has 2 heterocycles. The molecule has 1 aliphatic rings. The van der Waals surface area contributed by atoms with Gasteiger partial charge in [0, 0.05) is 5.92 Å². The lowest BCUT2D eigenvalue weighted by Crippen LogP contribution is -2.15. The molecule has 1 fully saturated rings. The van der Waals surface area contributed by atoms with Crippen LogP contribution in [-0.2, 0) is 6.54 Å². The zero-order chi connectivity index (χ0) is 11.7. The zero-order valence-corrected chi connectivity index (χ0v) is 10.2. The molecule has 6 heteroatoms. The Morgan fingerprint density at radius 1 is 1.47 bits per heavy atom. The quantitative estimate of drug-likeness (QED) is 0.651. The fourth-order valence-electron chi connectivity index (χ4n) is 1.91. The van der Waals surface area contributed by atoms with Gasteiger partial charge < -0.3 is 0 Å². The largest absolute Gasteiger partial charge is 0.300 e. The summed E-state index contributed by atoms with van der Waals surface area (Å²) in [4.78, 5) is 0.879. The van der Waals surface area contributed by atoms with Gasteiger partial charge in [-0.15, -0.1) is 16.6 Å². The molecule has 1 N–H and O–H groups in total. The van der Waals surface area contributed by atoms with Crippen molar-refractivity contribution in [3.05, 3.63) is 10.8 Å². The van der Waals surface area contributed by atoms with Crippen molar-refractivity contribution in [1.29, 1.82) is 0 Å². The topological polar surface area (TPSA) is 55.1 Å². The van der Waals surface area contributed by atoms with Gasteiger partial charge in [0.15, 0.2) is 5.82 Å². The van der Waals surface area contributed by atoms with Gasteiger partial charge in [-0.2, -0.15) is 9.61 Å². The number of hydrogen-bond donors (Lipinski definition) is 1. The molecule has 1 aliphatic carbocycles. The van der Waals surface area contributed by atoms with Crippen LogP contribution in [0.4, 0.5) is 0 Å². The summed E-state index contributed by atoms with van der Waals surface area (Å²) in [7, 11) is 0. The van der Waals surface area contributed by atoms with E-state index in [0.29, 0.717) is 19.0 Å². The second-order valence-electron chi connectivity index (χ2n) is 4.18. The van der Waals surface area contributed by atoms with Gasteiger partial charge >= 0.3 is 0 Å². The maximum absolute atomic E-state index is 5.18. The van der Waals surface area contributed by atoms with Gasteiger partial charge in [-0.25, -0.2) is 0 Å². The van der Waals surface area contributed by atoms with Crippen molar-refractivity contribution in [2.75, 3.05) is 6.54 Å². The van der Waals surface area contributed by atoms with Gasteiger partial charge in [0.2, 0.25) is 4.96 Å². The second kappa shape index (κ2) is 4.43. The first-order valence-electron chi connectivity index (χ1n) is 5.73. The van der Waals surface area contributed by atoms with Gasteiger partial charge in [-0.1, -0.05) is 23.7 Å². The Morgan fingerprint density at radius 3 is 3.06 bits per heavy atom. The fraction of sp³-hybridized carbons (Fsp3) is 0.545. The molecule has 17 heavy (non-hydrogen) atoms. The summed E-state index contributed by atoms with van der Waals surface area (Å²) in [6.07, 6.45) is 8.89. The van der Waals surface area contributed by atoms with Crippen molar-refractivity contribution < 1.29 is 0 Å². The normalized spacial score (nSPS) is 15.9. The van der Waals surface area contributed by atoms with E-state index in [1.165, 1.54) is 19.3 Å². The van der Waals surface area contributed by atoms with E-state index in [1.807, 2.05) is 4.52 Å². The molecule has 0 spiro atoms. The average Bonchev–Trinajstić information content (AvgIpc) is 2.78. The summed E-state index contributed by atoms with van der Waals surface area (Å²) in [5.41, 5.74) is 0. The van der Waals surface area contributed by atoms with E-state index in [-0.39, 0.29) is 0 Å². The Morgan fingerprint density at radius 2 is 2.35 bits per heavy atom. The van der Waals surface area contributed by atoms with Crippen molar-refractivity contribution in [1.82, 2.24) is 25.1 Å². The Kier molecular flexibility index (Phi) is 2.79. The van der Waals surface area contributed by atoms with E-state index in [4.69, 9.17) is 6.42 Å². The Balaban J connectivity index is 1.81. The molecule has 0 unspecified atom stereocenters. The van der Waals surface area contributed by atoms with Gasteiger partial charge in [0.25, 0.3) is 0 Å². The number of fused-ring (bicyclic) bond motifs is 1. The molecular weight excluding hydrogens is 234 g/mol. The van der Waals surface area contributed by atoms with E-state index in [0.717, 1.165) is 15.8 Å². The van der Waals surface area contributed by atoms with Crippen molar-refractivity contribution in [3.8, 4) is 12.3 Å². The van der Waals surface area contributed by atoms with Crippen molar-refractivity contribution in [2.24, 2.45) is 0 Å². The number of nitrogens with zero attached hydrogens (tertiary/aromatic N) is 4. The molecule has 0 saturated heterocycles. The highest BCUT2D eigenvalue weighted by molar-refractivity contribution is 7.16. The van der Waals surface area contributed by atoms with Crippen LogP contribution in [0.25, 0.3) is 4.96 Å². The third-order valence-electron chi connectivity index (χ3n) is 3.03. The van der Waals surface area contributed by atoms with Crippen LogP contribution in [0.15, 0.2) is 0 Å². The molecule has 0 aliphatic heterocycles. The van der Waals surface area contributed by atoms with Crippen LogP contribution in [0.3, 0.4) is 0 Å². The van der Waals surface area contributed by atoms with Crippen LogP contribution in [0.2, 0.25) is 0 Å². The fourth-order valence-corrected chi connectivity index (χ4v) is 2.72. The standard InChI is InChI=1S/C11H13N5S/c1-2-6-12-7-9-15-16-10(8-4-3-5-8)13-14-11(16)17-9/h1,8,12H,3-7H2. The van der Waals surface area contributed by atoms with E-state index in [9.17, 15) is 0 Å². The molecular formula is C11H13N5S. The molecule has 0 aromatic carbocycles. The highest BCUT2D eigenvalue weighted by atomic mass is 32.1. The molecule has 2 aromatic heterocycles. The summed E-state index contributed by atoms with van der Waals surface area (Å²) in [6.45, 7) is 1.26. The van der Waals surface area contributed by atoms with E-state index in [1.54, 1.807) is 11.3 Å². The van der Waals surface area contributed by atoms with Gasteiger partial charge in [0.05, 0.1) is 13.1 Å². The lowest BCUT2D eigenvalue weighted by atomic mass is 9.85. The molecule has 5 nitrogen and oxygen atoms in total. The van der Waals surface area contributed by atoms with Gasteiger partial charge in [-0.05, 0) is 12.8 Å². The molecule has 88 valence electrons. The molecule has 0 bridgehead atoms. The summed E-state index contributed by atoms with van der Waals surface area (Å²) in [6, 6.07) is 0. The predicted octanol–water partition coefficient (Wildman–Crippen LogP) is 1.18. The van der Waals surface area contributed by atoms with Crippen molar-refractivity contribution in [2.45, 2.75) is 31.7 Å². The molecule has 2 aromatic rings. The third kappa shape index (κ3) is 1.92. The zero-order valence-electron chi connectivity index (χ0n) is 9.39. The van der Waals surface area contributed by atoms with Crippen LogP contribution in [0.5, 0.6) is 0 Å². The number of terminal acetylenes is 1. The number of hydrogen-bond acceptors (Lipinski definition) is 5. The first-order chi connectivity index (χ1) is 8.38. The molecule has 0 amide bonds. The second-order valence-corrected chi connectivity index (χ2v) is 5.22. The van der Waals surface area contributed by atoms with Crippen LogP contribution in [0, 0.1) is 12.3 Å². The first kappa shape index (κ1) is 10.7. The number of rotatable bonds is 4. The minimum atomic E-state index is 0.554. The number of nitrogens with one attached hydrogen (secondary N) is 1. The first-order valence-corrected chi connectivity index (χ1v) is 6.55. The highest BCUT2D eigenvalue weighted by Gasteiger charge is 2.26. The van der Waals surface area contributed by atoms with Crippen LogP contribution < -0.4 is 5.32 Å². The van der Waals surface area contributed by atoms with Gasteiger partial charge in [-0.3, -0.25) is 5.32 Å². The minimum absolute atomic E-state index is 0.554. The maximum Gasteiger partial charge on any atom is 0.234 e. The maximum atomic E-state index is 5.18. The van der Waals surface area contributed by atoms with Gasteiger partial charge in [0.1, 0.15) is 5.01 Å². The summed E-state index contributed by atoms with van der Waals surface area (Å²) >= 11 is 1.57. The molecule has 3 rings (SSSR count). The Labute approximate surface area is 103 Å². The van der Waals surface area contributed by atoms with Crippen molar-refractivity contribution >= 4 is 16.3 Å². The van der Waals surface area contributed by atoms with E-state index in [2.05, 4.69) is 26.5 Å². The van der Waals surface area contributed by atoms with E-state index >= 15 is 0 Å². The summed E-state index contributed by atoms with van der Waals surface area (Å²) in [5, 5.41) is 17.1. The predicted molar refractivity (Wildman–Crippen MR) is 65.8 cm³/mol. The SMILES string of the molecule is C#CCNCc1nn2c(C3CCC3)nnc2s1. The lowest BCUT2D eigenvalue weighted by molar-refractivity contribution is 0.395. The van der Waals surface area contributed by atoms with Crippen LogP contribution >= 0.6 is 11.3 Å². The van der Waals surface area contributed by atoms with E-state index < -0.39 is 0 Å². The van der Waals surface area contributed by atoms with Crippen LogP contribution in [0.1, 0.15) is 36.0 Å². The third-order valence-corrected chi connectivity index (χ3v) is 3.93. The summed E-state index contributed by atoms with van der Waals surface area (Å²) < 4.78 is 1.89. The monoisotopic (exact) mass is 247 g/mol. The van der Waals surface area contributed by atoms with Crippen molar-refractivity contribution in [3.63, 3.8) is 0 Å². The lowest BCUT2D eigenvalue weighted by Gasteiger charge is -2.22. The Bertz CT molecular complexity index is 560. The minimum Gasteiger partial charge on any atom is -0.300 e.